The van der Waals surface area contributed by atoms with Gasteiger partial charge in [-0.05, 0) is 47.7 Å². The largest absolute Gasteiger partial charge is 0.493 e. The van der Waals surface area contributed by atoms with Crippen molar-refractivity contribution in [3.8, 4) is 11.5 Å². The summed E-state index contributed by atoms with van der Waals surface area (Å²) in [6, 6.07) is 13.2. The summed E-state index contributed by atoms with van der Waals surface area (Å²) >= 11 is 1.70. The van der Waals surface area contributed by atoms with Gasteiger partial charge in [-0.15, -0.1) is 11.3 Å². The molecule has 0 aliphatic heterocycles. The fourth-order valence-corrected chi connectivity index (χ4v) is 3.51. The Bertz CT molecular complexity index is 866. The van der Waals surface area contributed by atoms with E-state index in [-0.39, 0.29) is 5.91 Å². The van der Waals surface area contributed by atoms with Crippen LogP contribution in [0.4, 0.5) is 0 Å². The normalized spacial score (nSPS) is 10.4. The van der Waals surface area contributed by atoms with Gasteiger partial charge in [-0.25, -0.2) is 0 Å². The number of hydrogen-bond acceptors (Lipinski definition) is 5. The fraction of sp³-hybridized carbons (Fsp3) is 0.238. The third-order valence-corrected chi connectivity index (χ3v) is 5.16. The van der Waals surface area contributed by atoms with Crippen molar-refractivity contribution in [2.75, 3.05) is 20.8 Å². The van der Waals surface area contributed by atoms with Crippen molar-refractivity contribution in [2.24, 2.45) is 0 Å². The summed E-state index contributed by atoms with van der Waals surface area (Å²) in [7, 11) is 3.14. The minimum Gasteiger partial charge on any atom is -0.493 e. The number of benzene rings is 1. The quantitative estimate of drug-likeness (QED) is 0.590. The molecule has 0 atom stereocenters. The maximum Gasteiger partial charge on any atom is 0.254 e. The molecule has 2 aromatic heterocycles. The average molecular weight is 382 g/mol. The van der Waals surface area contributed by atoms with Crippen molar-refractivity contribution >= 4 is 17.2 Å². The van der Waals surface area contributed by atoms with Gasteiger partial charge in [0.05, 0.1) is 14.2 Å². The molecule has 1 aromatic carbocycles. The number of ether oxygens (including phenoxy) is 2. The molecule has 0 radical (unpaired) electrons. The summed E-state index contributed by atoms with van der Waals surface area (Å²) in [5, 5.41) is 2.05. The highest BCUT2D eigenvalue weighted by molar-refractivity contribution is 7.09. The van der Waals surface area contributed by atoms with Gasteiger partial charge in [-0.3, -0.25) is 9.78 Å². The molecular weight excluding hydrogens is 360 g/mol. The van der Waals surface area contributed by atoms with E-state index in [0.717, 1.165) is 12.0 Å². The molecule has 0 saturated heterocycles. The van der Waals surface area contributed by atoms with Crippen LogP contribution >= 0.6 is 11.3 Å². The van der Waals surface area contributed by atoms with Crippen molar-refractivity contribution in [3.05, 3.63) is 76.2 Å². The second kappa shape index (κ2) is 9.19. The van der Waals surface area contributed by atoms with Crippen LogP contribution in [0.1, 0.15) is 20.8 Å². The Balaban J connectivity index is 1.82. The highest BCUT2D eigenvalue weighted by Crippen LogP contribution is 2.28. The van der Waals surface area contributed by atoms with E-state index in [1.165, 1.54) is 4.88 Å². The molecule has 5 nitrogen and oxygen atoms in total. The molecule has 0 N–H and O–H groups in total. The summed E-state index contributed by atoms with van der Waals surface area (Å²) in [4.78, 5) is 20.4. The highest BCUT2D eigenvalue weighted by Gasteiger charge is 2.18. The molecule has 0 saturated carbocycles. The van der Waals surface area contributed by atoms with Gasteiger partial charge in [0.2, 0.25) is 0 Å². The second-order valence-corrected chi connectivity index (χ2v) is 7.02. The summed E-state index contributed by atoms with van der Waals surface area (Å²) in [6.07, 6.45) is 4.34. The van der Waals surface area contributed by atoms with E-state index in [2.05, 4.69) is 16.4 Å². The molecule has 2 heterocycles. The Morgan fingerprint density at radius 2 is 1.96 bits per heavy atom. The zero-order valence-electron chi connectivity index (χ0n) is 15.4. The number of amides is 1. The van der Waals surface area contributed by atoms with Crippen LogP contribution in [-0.2, 0) is 13.0 Å². The number of nitrogens with zero attached hydrogens (tertiary/aromatic N) is 2. The standard InChI is InChI=1S/C21H22N2O3S/c1-25-19-8-7-17(13-20(19)26-2)21(24)23(11-9-18-6-4-12-27-18)15-16-5-3-10-22-14-16/h3-8,10,12-14H,9,11,15H2,1-2H3. The maximum absolute atomic E-state index is 13.2. The van der Waals surface area contributed by atoms with E-state index in [0.29, 0.717) is 30.2 Å². The van der Waals surface area contributed by atoms with Crippen LogP contribution in [0.2, 0.25) is 0 Å². The smallest absolute Gasteiger partial charge is 0.254 e. The van der Waals surface area contributed by atoms with E-state index in [4.69, 9.17) is 9.47 Å². The zero-order chi connectivity index (χ0) is 19.1. The Morgan fingerprint density at radius 3 is 2.63 bits per heavy atom. The molecule has 0 aliphatic rings. The molecule has 140 valence electrons. The number of pyridine rings is 1. The van der Waals surface area contributed by atoms with Crippen molar-refractivity contribution in [2.45, 2.75) is 13.0 Å². The monoisotopic (exact) mass is 382 g/mol. The first-order chi connectivity index (χ1) is 13.2. The summed E-state index contributed by atoms with van der Waals surface area (Å²) < 4.78 is 10.6. The Hall–Kier alpha value is -2.86. The van der Waals surface area contributed by atoms with E-state index < -0.39 is 0 Å². The summed E-state index contributed by atoms with van der Waals surface area (Å²) in [5.74, 6) is 1.10. The first kappa shape index (κ1) is 18.9. The first-order valence-corrected chi connectivity index (χ1v) is 9.52. The Labute approximate surface area is 163 Å². The number of thiophene rings is 1. The molecule has 0 spiro atoms. The molecule has 27 heavy (non-hydrogen) atoms. The van der Waals surface area contributed by atoms with Crippen molar-refractivity contribution in [3.63, 3.8) is 0 Å². The molecule has 0 aliphatic carbocycles. The van der Waals surface area contributed by atoms with Crippen LogP contribution in [0.15, 0.2) is 60.2 Å². The molecule has 0 bridgehead atoms. The van der Waals surface area contributed by atoms with Crippen LogP contribution in [0, 0.1) is 0 Å². The zero-order valence-corrected chi connectivity index (χ0v) is 16.2. The predicted octanol–water partition coefficient (Wildman–Crippen LogP) is 4.05. The lowest BCUT2D eigenvalue weighted by Gasteiger charge is -2.23. The minimum absolute atomic E-state index is 0.0450. The third kappa shape index (κ3) is 4.86. The van der Waals surface area contributed by atoms with Gasteiger partial charge >= 0.3 is 0 Å². The molecule has 3 rings (SSSR count). The first-order valence-electron chi connectivity index (χ1n) is 8.64. The van der Waals surface area contributed by atoms with Crippen molar-refractivity contribution in [1.29, 1.82) is 0 Å². The summed E-state index contributed by atoms with van der Waals surface area (Å²) in [5.41, 5.74) is 1.57. The topological polar surface area (TPSA) is 51.7 Å². The van der Waals surface area contributed by atoms with Gasteiger partial charge in [0.15, 0.2) is 11.5 Å². The van der Waals surface area contributed by atoms with Crippen LogP contribution in [0.25, 0.3) is 0 Å². The number of hydrogen-bond donors (Lipinski definition) is 0. The fourth-order valence-electron chi connectivity index (χ4n) is 2.82. The number of rotatable bonds is 8. The Morgan fingerprint density at radius 1 is 1.11 bits per heavy atom. The lowest BCUT2D eigenvalue weighted by atomic mass is 10.1. The molecule has 3 aromatic rings. The van der Waals surface area contributed by atoms with Gasteiger partial charge < -0.3 is 14.4 Å². The number of carbonyl (C=O) groups is 1. The van der Waals surface area contributed by atoms with Crippen LogP contribution in [0.3, 0.4) is 0 Å². The molecule has 6 heteroatoms. The molecular formula is C21H22N2O3S. The predicted molar refractivity (Wildman–Crippen MR) is 107 cm³/mol. The van der Waals surface area contributed by atoms with Gasteiger partial charge in [0.1, 0.15) is 0 Å². The molecule has 0 fully saturated rings. The van der Waals surface area contributed by atoms with Gasteiger partial charge in [-0.1, -0.05) is 12.1 Å². The third-order valence-electron chi connectivity index (χ3n) is 4.22. The van der Waals surface area contributed by atoms with Gasteiger partial charge in [0, 0.05) is 35.9 Å². The number of aromatic nitrogens is 1. The van der Waals surface area contributed by atoms with Crippen LogP contribution < -0.4 is 9.47 Å². The van der Waals surface area contributed by atoms with Gasteiger partial charge in [0.25, 0.3) is 5.91 Å². The number of carbonyl (C=O) groups excluding carboxylic acids is 1. The number of methoxy groups -OCH3 is 2. The average Bonchev–Trinajstić information content (AvgIpc) is 3.24. The molecule has 0 unspecified atom stereocenters. The van der Waals surface area contributed by atoms with Crippen molar-refractivity contribution in [1.82, 2.24) is 9.88 Å². The maximum atomic E-state index is 13.2. The summed E-state index contributed by atoms with van der Waals surface area (Å²) in [6.45, 7) is 1.13. The second-order valence-electron chi connectivity index (χ2n) is 5.99. The lowest BCUT2D eigenvalue weighted by molar-refractivity contribution is 0.0745. The van der Waals surface area contributed by atoms with Crippen molar-refractivity contribution < 1.29 is 14.3 Å². The van der Waals surface area contributed by atoms with E-state index in [1.54, 1.807) is 56.1 Å². The highest BCUT2D eigenvalue weighted by atomic mass is 32.1. The lowest BCUT2D eigenvalue weighted by Crippen LogP contribution is -2.32. The molecule has 1 amide bonds. The minimum atomic E-state index is -0.0450. The van der Waals surface area contributed by atoms with Gasteiger partial charge in [-0.2, -0.15) is 0 Å². The van der Waals surface area contributed by atoms with E-state index in [1.807, 2.05) is 23.1 Å². The Kier molecular flexibility index (Phi) is 6.44. The van der Waals surface area contributed by atoms with E-state index in [9.17, 15) is 4.79 Å². The van der Waals surface area contributed by atoms with Crippen LogP contribution in [0.5, 0.6) is 11.5 Å². The van der Waals surface area contributed by atoms with Crippen LogP contribution in [-0.4, -0.2) is 36.6 Å². The van der Waals surface area contributed by atoms with E-state index >= 15 is 0 Å². The SMILES string of the molecule is COc1ccc(C(=O)N(CCc2cccs2)Cc2cccnc2)cc1OC.